The van der Waals surface area contributed by atoms with Crippen molar-refractivity contribution in [2.24, 2.45) is 0 Å². The third-order valence-electron chi connectivity index (χ3n) is 1.19. The fourth-order valence-electron chi connectivity index (χ4n) is 0.650. The fourth-order valence-corrected chi connectivity index (χ4v) is 1.23. The van der Waals surface area contributed by atoms with Crippen LogP contribution in [0.3, 0.4) is 0 Å². The van der Waals surface area contributed by atoms with Crippen molar-refractivity contribution in [3.8, 4) is 5.75 Å². The Bertz CT molecular complexity index is 237. The van der Waals surface area contributed by atoms with Crippen molar-refractivity contribution in [2.75, 3.05) is 0 Å². The number of halogens is 2. The number of rotatable bonds is 1. The maximum Gasteiger partial charge on any atom is 0.121 e. The lowest BCUT2D eigenvalue weighted by atomic mass is 10.2. The molecule has 0 fully saturated rings. The van der Waals surface area contributed by atoms with Gasteiger partial charge in [-0.05, 0) is 12.1 Å². The molecule has 10 heavy (non-hydrogen) atoms. The van der Waals surface area contributed by atoms with Crippen LogP contribution in [0.5, 0.6) is 5.75 Å². The van der Waals surface area contributed by atoms with Crippen LogP contribution >= 0.6 is 27.5 Å². The molecule has 3 heteroatoms. The van der Waals surface area contributed by atoms with Crippen molar-refractivity contribution in [3.63, 3.8) is 0 Å². The Labute approximate surface area is 72.8 Å². The second-order valence-corrected chi connectivity index (χ2v) is 3.09. The minimum absolute atomic E-state index is 0.240. The number of hydrogen-bond acceptors (Lipinski definition) is 1. The first-order chi connectivity index (χ1) is 4.74. The third-order valence-corrected chi connectivity index (χ3v) is 1.97. The molecule has 0 saturated carbocycles. The molecule has 0 bridgehead atoms. The summed E-state index contributed by atoms with van der Waals surface area (Å²) in [6, 6.07) is 5.25. The van der Waals surface area contributed by atoms with Crippen molar-refractivity contribution in [2.45, 2.75) is 5.88 Å². The van der Waals surface area contributed by atoms with Crippen LogP contribution in [0.2, 0.25) is 0 Å². The predicted octanol–water partition coefficient (Wildman–Crippen LogP) is 2.89. The predicted molar refractivity (Wildman–Crippen MR) is 45.4 cm³/mol. The lowest BCUT2D eigenvalue weighted by Gasteiger charge is -1.98. The van der Waals surface area contributed by atoms with Gasteiger partial charge in [-0.15, -0.1) is 11.6 Å². The van der Waals surface area contributed by atoms with Gasteiger partial charge >= 0.3 is 0 Å². The molecule has 1 N–H and O–H groups in total. The lowest BCUT2D eigenvalue weighted by Crippen LogP contribution is -1.77. The van der Waals surface area contributed by atoms with Gasteiger partial charge in [0.1, 0.15) is 5.75 Å². The average Bonchev–Trinajstić information content (AvgIpc) is 1.88. The zero-order chi connectivity index (χ0) is 7.56. The number of hydrogen-bond donors (Lipinski definition) is 1. The second-order valence-electron chi connectivity index (χ2n) is 1.91. The van der Waals surface area contributed by atoms with E-state index >= 15 is 0 Å². The van der Waals surface area contributed by atoms with Crippen LogP contribution in [0.1, 0.15) is 5.56 Å². The van der Waals surface area contributed by atoms with Gasteiger partial charge < -0.3 is 5.11 Å². The molecule has 0 amide bonds. The summed E-state index contributed by atoms with van der Waals surface area (Å²) in [5.41, 5.74) is 0.755. The summed E-state index contributed by atoms with van der Waals surface area (Å²) < 4.78 is 0.860. The molecule has 1 aromatic rings. The number of phenolic OH excluding ortho intramolecular Hbond substituents is 1. The highest BCUT2D eigenvalue weighted by atomic mass is 79.9. The maximum atomic E-state index is 9.18. The first-order valence-corrected chi connectivity index (χ1v) is 4.10. The van der Waals surface area contributed by atoms with Crippen LogP contribution in [0.4, 0.5) is 0 Å². The van der Waals surface area contributed by atoms with E-state index in [2.05, 4.69) is 15.9 Å². The minimum Gasteiger partial charge on any atom is -0.508 e. The van der Waals surface area contributed by atoms with Crippen LogP contribution in [-0.2, 0) is 5.88 Å². The highest BCUT2D eigenvalue weighted by Crippen LogP contribution is 2.23. The molecular formula is C7H6BrClO. The zero-order valence-corrected chi connectivity index (χ0v) is 7.48. The van der Waals surface area contributed by atoms with E-state index in [9.17, 15) is 5.11 Å². The van der Waals surface area contributed by atoms with E-state index in [1.165, 1.54) is 0 Å². The number of alkyl halides is 1. The van der Waals surface area contributed by atoms with Gasteiger partial charge in [-0.1, -0.05) is 22.0 Å². The molecule has 1 aromatic carbocycles. The SMILES string of the molecule is Oc1cc(Br)ccc1CCl. The Hall–Kier alpha value is -0.210. The zero-order valence-electron chi connectivity index (χ0n) is 5.14. The summed E-state index contributed by atoms with van der Waals surface area (Å²) in [6.45, 7) is 0. The summed E-state index contributed by atoms with van der Waals surface area (Å²) in [7, 11) is 0. The Balaban J connectivity index is 3.07. The average molecular weight is 221 g/mol. The smallest absolute Gasteiger partial charge is 0.121 e. The topological polar surface area (TPSA) is 20.2 Å². The molecule has 0 aliphatic rings. The van der Waals surface area contributed by atoms with E-state index in [4.69, 9.17) is 11.6 Å². The molecule has 54 valence electrons. The van der Waals surface area contributed by atoms with Crippen LogP contribution in [0.25, 0.3) is 0 Å². The highest BCUT2D eigenvalue weighted by molar-refractivity contribution is 9.10. The monoisotopic (exact) mass is 220 g/mol. The van der Waals surface area contributed by atoms with Gasteiger partial charge in [-0.2, -0.15) is 0 Å². The van der Waals surface area contributed by atoms with E-state index in [0.29, 0.717) is 5.88 Å². The summed E-state index contributed by atoms with van der Waals surface area (Å²) in [4.78, 5) is 0. The Morgan fingerprint density at radius 1 is 1.50 bits per heavy atom. The number of phenols is 1. The van der Waals surface area contributed by atoms with Crippen molar-refractivity contribution in [1.82, 2.24) is 0 Å². The first kappa shape index (κ1) is 7.89. The molecule has 1 rings (SSSR count). The molecule has 0 unspecified atom stereocenters. The second kappa shape index (κ2) is 3.26. The van der Waals surface area contributed by atoms with E-state index in [1.54, 1.807) is 12.1 Å². The third kappa shape index (κ3) is 1.64. The molecular weight excluding hydrogens is 215 g/mol. The minimum atomic E-state index is 0.240. The van der Waals surface area contributed by atoms with Crippen LogP contribution in [0, 0.1) is 0 Å². The van der Waals surface area contributed by atoms with Gasteiger partial charge in [-0.25, -0.2) is 0 Å². The summed E-state index contributed by atoms with van der Waals surface area (Å²) >= 11 is 8.73. The van der Waals surface area contributed by atoms with Crippen molar-refractivity contribution >= 4 is 27.5 Å². The maximum absolute atomic E-state index is 9.18. The fraction of sp³-hybridized carbons (Fsp3) is 0.143. The van der Waals surface area contributed by atoms with E-state index < -0.39 is 0 Å². The molecule has 0 radical (unpaired) electrons. The van der Waals surface area contributed by atoms with Gasteiger partial charge in [-0.3, -0.25) is 0 Å². The molecule has 1 nitrogen and oxygen atoms in total. The normalized spacial score (nSPS) is 9.80. The van der Waals surface area contributed by atoms with Gasteiger partial charge in [0.2, 0.25) is 0 Å². The highest BCUT2D eigenvalue weighted by Gasteiger charge is 1.97. The largest absolute Gasteiger partial charge is 0.508 e. The van der Waals surface area contributed by atoms with Crippen LogP contribution in [0.15, 0.2) is 22.7 Å². The first-order valence-electron chi connectivity index (χ1n) is 2.77. The van der Waals surface area contributed by atoms with Crippen molar-refractivity contribution in [1.29, 1.82) is 0 Å². The van der Waals surface area contributed by atoms with Gasteiger partial charge in [0.25, 0.3) is 0 Å². The van der Waals surface area contributed by atoms with E-state index in [-0.39, 0.29) is 5.75 Å². The van der Waals surface area contributed by atoms with E-state index in [0.717, 1.165) is 10.0 Å². The van der Waals surface area contributed by atoms with Crippen molar-refractivity contribution in [3.05, 3.63) is 28.2 Å². The molecule has 0 saturated heterocycles. The lowest BCUT2D eigenvalue weighted by molar-refractivity contribution is 0.470. The molecule has 0 aromatic heterocycles. The van der Waals surface area contributed by atoms with Gasteiger partial charge in [0.05, 0.1) is 5.88 Å². The number of aromatic hydroxyl groups is 1. The van der Waals surface area contributed by atoms with Gasteiger partial charge in [0, 0.05) is 10.0 Å². The Morgan fingerprint density at radius 3 is 2.70 bits per heavy atom. The molecule has 0 aliphatic heterocycles. The molecule has 0 heterocycles. The summed E-state index contributed by atoms with van der Waals surface area (Å²) in [5.74, 6) is 0.587. The Kier molecular flexibility index (Phi) is 2.57. The van der Waals surface area contributed by atoms with E-state index in [1.807, 2.05) is 6.07 Å². The quantitative estimate of drug-likeness (QED) is 0.723. The molecule has 0 atom stereocenters. The van der Waals surface area contributed by atoms with Crippen LogP contribution < -0.4 is 0 Å². The van der Waals surface area contributed by atoms with Crippen molar-refractivity contribution < 1.29 is 5.11 Å². The molecule has 0 spiro atoms. The number of benzene rings is 1. The standard InChI is InChI=1S/C7H6BrClO/c8-6-2-1-5(4-9)7(10)3-6/h1-3,10H,4H2. The van der Waals surface area contributed by atoms with Crippen LogP contribution in [-0.4, -0.2) is 5.11 Å². The van der Waals surface area contributed by atoms with Gasteiger partial charge in [0.15, 0.2) is 0 Å². The summed E-state index contributed by atoms with van der Waals surface area (Å²) in [6.07, 6.45) is 0. The summed E-state index contributed by atoms with van der Waals surface area (Å²) in [5, 5.41) is 9.18. The molecule has 0 aliphatic carbocycles. The Morgan fingerprint density at radius 2 is 2.20 bits per heavy atom.